The number of aromatic nitrogens is 1. The number of hydrogen-bond donors (Lipinski definition) is 3. The van der Waals surface area contributed by atoms with Crippen LogP contribution in [0.5, 0.6) is 0 Å². The van der Waals surface area contributed by atoms with Crippen LogP contribution < -0.4 is 11.1 Å². The average Bonchev–Trinajstić information content (AvgIpc) is 2.74. The number of rotatable bonds is 5. The molecule has 0 radical (unpaired) electrons. The number of aryl methyl sites for hydroxylation is 1. The molecule has 1 aromatic rings. The highest BCUT2D eigenvalue weighted by molar-refractivity contribution is 5.92. The van der Waals surface area contributed by atoms with Crippen LogP contribution in [0.15, 0.2) is 12.3 Å². The van der Waals surface area contributed by atoms with E-state index in [1.807, 2.05) is 33.0 Å². The molecule has 0 unspecified atom stereocenters. The zero-order valence-electron chi connectivity index (χ0n) is 10.5. The number of aromatic amines is 1. The minimum atomic E-state index is -0.0462. The minimum absolute atomic E-state index is 0.0462. The molecule has 4 nitrogen and oxygen atoms in total. The van der Waals surface area contributed by atoms with Crippen LogP contribution in [0.2, 0.25) is 0 Å². The second kappa shape index (κ2) is 8.97. The first kappa shape index (κ1) is 14.7. The van der Waals surface area contributed by atoms with Crippen molar-refractivity contribution in [1.82, 2.24) is 10.3 Å². The SMILES string of the molecule is CC.Cc1c[nH]c(C(=O)NCCCCN)c1. The van der Waals surface area contributed by atoms with Gasteiger partial charge in [-0.3, -0.25) is 4.79 Å². The highest BCUT2D eigenvalue weighted by Gasteiger charge is 2.05. The zero-order valence-corrected chi connectivity index (χ0v) is 10.5. The number of hydrogen-bond acceptors (Lipinski definition) is 2. The second-order valence-corrected chi connectivity index (χ2v) is 3.34. The van der Waals surface area contributed by atoms with Crippen LogP contribution >= 0.6 is 0 Å². The predicted molar refractivity (Wildman–Crippen MR) is 67.5 cm³/mol. The van der Waals surface area contributed by atoms with Gasteiger partial charge in [0.05, 0.1) is 0 Å². The Balaban J connectivity index is 0.00000106. The van der Waals surface area contributed by atoms with Gasteiger partial charge >= 0.3 is 0 Å². The monoisotopic (exact) mass is 225 g/mol. The van der Waals surface area contributed by atoms with Crippen molar-refractivity contribution in [3.8, 4) is 0 Å². The Bertz CT molecular complexity index is 294. The molecule has 0 aliphatic heterocycles. The molecule has 0 aliphatic rings. The van der Waals surface area contributed by atoms with Crippen molar-refractivity contribution < 1.29 is 4.79 Å². The lowest BCUT2D eigenvalue weighted by molar-refractivity contribution is 0.0948. The zero-order chi connectivity index (χ0) is 12.4. The van der Waals surface area contributed by atoms with E-state index < -0.39 is 0 Å². The molecular formula is C12H23N3O. The van der Waals surface area contributed by atoms with Crippen molar-refractivity contribution in [1.29, 1.82) is 0 Å². The fraction of sp³-hybridized carbons (Fsp3) is 0.583. The number of nitrogens with two attached hydrogens (primary N) is 1. The van der Waals surface area contributed by atoms with Gasteiger partial charge < -0.3 is 16.0 Å². The minimum Gasteiger partial charge on any atom is -0.357 e. The molecule has 0 fully saturated rings. The smallest absolute Gasteiger partial charge is 0.267 e. The summed E-state index contributed by atoms with van der Waals surface area (Å²) >= 11 is 0. The maximum Gasteiger partial charge on any atom is 0.267 e. The van der Waals surface area contributed by atoms with Gasteiger partial charge in [0.2, 0.25) is 0 Å². The van der Waals surface area contributed by atoms with Gasteiger partial charge in [-0.25, -0.2) is 0 Å². The molecule has 0 atom stereocenters. The Labute approximate surface area is 97.6 Å². The summed E-state index contributed by atoms with van der Waals surface area (Å²) in [5.74, 6) is -0.0462. The van der Waals surface area contributed by atoms with Gasteiger partial charge in [0.25, 0.3) is 5.91 Å². The highest BCUT2D eigenvalue weighted by Crippen LogP contribution is 2.00. The van der Waals surface area contributed by atoms with Gasteiger partial charge in [0.15, 0.2) is 0 Å². The first-order valence-electron chi connectivity index (χ1n) is 5.87. The summed E-state index contributed by atoms with van der Waals surface area (Å²) in [6.45, 7) is 7.31. The Kier molecular flexibility index (Phi) is 8.25. The van der Waals surface area contributed by atoms with Crippen molar-refractivity contribution >= 4 is 5.91 Å². The van der Waals surface area contributed by atoms with Crippen molar-refractivity contribution in [2.24, 2.45) is 5.73 Å². The molecular weight excluding hydrogens is 202 g/mol. The van der Waals surface area contributed by atoms with E-state index >= 15 is 0 Å². The van der Waals surface area contributed by atoms with Gasteiger partial charge in [-0.05, 0) is 37.9 Å². The summed E-state index contributed by atoms with van der Waals surface area (Å²) < 4.78 is 0. The number of carbonyl (C=O) groups excluding carboxylic acids is 1. The van der Waals surface area contributed by atoms with Crippen LogP contribution in [0.1, 0.15) is 42.7 Å². The van der Waals surface area contributed by atoms with Gasteiger partial charge in [-0.1, -0.05) is 13.8 Å². The number of unbranched alkanes of at least 4 members (excludes halogenated alkanes) is 1. The largest absolute Gasteiger partial charge is 0.357 e. The van der Waals surface area contributed by atoms with Crippen molar-refractivity contribution in [3.05, 3.63) is 23.5 Å². The van der Waals surface area contributed by atoms with E-state index in [4.69, 9.17) is 5.73 Å². The van der Waals surface area contributed by atoms with Crippen molar-refractivity contribution in [2.75, 3.05) is 13.1 Å². The Morgan fingerprint density at radius 2 is 2.12 bits per heavy atom. The van der Waals surface area contributed by atoms with Gasteiger partial charge in [0.1, 0.15) is 5.69 Å². The van der Waals surface area contributed by atoms with Crippen LogP contribution in [0, 0.1) is 6.92 Å². The lowest BCUT2D eigenvalue weighted by atomic mass is 10.3. The third-order valence-electron chi connectivity index (χ3n) is 1.99. The van der Waals surface area contributed by atoms with Gasteiger partial charge in [-0.15, -0.1) is 0 Å². The van der Waals surface area contributed by atoms with E-state index in [0.717, 1.165) is 18.4 Å². The predicted octanol–water partition coefficient (Wildman–Crippen LogP) is 1.82. The third kappa shape index (κ3) is 5.56. The van der Waals surface area contributed by atoms with E-state index in [2.05, 4.69) is 10.3 Å². The van der Waals surface area contributed by atoms with Crippen LogP contribution in [0.4, 0.5) is 0 Å². The van der Waals surface area contributed by atoms with Crippen LogP contribution in [-0.4, -0.2) is 24.0 Å². The summed E-state index contributed by atoms with van der Waals surface area (Å²) in [7, 11) is 0. The maximum atomic E-state index is 11.4. The van der Waals surface area contributed by atoms with Gasteiger partial charge in [0, 0.05) is 12.7 Å². The molecule has 16 heavy (non-hydrogen) atoms. The molecule has 0 saturated heterocycles. The van der Waals surface area contributed by atoms with Gasteiger partial charge in [-0.2, -0.15) is 0 Å². The molecule has 1 aromatic heterocycles. The molecule has 0 aromatic carbocycles. The molecule has 1 heterocycles. The third-order valence-corrected chi connectivity index (χ3v) is 1.99. The molecule has 1 rings (SSSR count). The lowest BCUT2D eigenvalue weighted by Crippen LogP contribution is -2.25. The van der Waals surface area contributed by atoms with E-state index in [1.54, 1.807) is 0 Å². The number of nitrogens with one attached hydrogen (secondary N) is 2. The topological polar surface area (TPSA) is 70.9 Å². The van der Waals surface area contributed by atoms with E-state index in [1.165, 1.54) is 0 Å². The maximum absolute atomic E-state index is 11.4. The number of H-pyrrole nitrogens is 1. The number of carbonyl (C=O) groups is 1. The summed E-state index contributed by atoms with van der Waals surface area (Å²) in [4.78, 5) is 14.4. The average molecular weight is 225 g/mol. The Morgan fingerprint density at radius 1 is 1.44 bits per heavy atom. The second-order valence-electron chi connectivity index (χ2n) is 3.34. The molecule has 92 valence electrons. The summed E-state index contributed by atoms with van der Waals surface area (Å²) in [6, 6.07) is 1.83. The molecule has 0 saturated carbocycles. The molecule has 4 N–H and O–H groups in total. The van der Waals surface area contributed by atoms with Crippen LogP contribution in [0.3, 0.4) is 0 Å². The van der Waals surface area contributed by atoms with E-state index in [9.17, 15) is 4.79 Å². The van der Waals surface area contributed by atoms with E-state index in [-0.39, 0.29) is 5.91 Å². The highest BCUT2D eigenvalue weighted by atomic mass is 16.1. The molecule has 0 bridgehead atoms. The first-order valence-corrected chi connectivity index (χ1v) is 5.87. The van der Waals surface area contributed by atoms with E-state index in [0.29, 0.717) is 18.8 Å². The standard InChI is InChI=1S/C10H17N3O.C2H6/c1-8-6-9(13-7-8)10(14)12-5-3-2-4-11;1-2/h6-7,13H,2-5,11H2,1H3,(H,12,14);1-2H3. The quantitative estimate of drug-likeness (QED) is 0.669. The Hall–Kier alpha value is -1.29. The molecule has 1 amide bonds. The van der Waals surface area contributed by atoms with Crippen LogP contribution in [0.25, 0.3) is 0 Å². The summed E-state index contributed by atoms with van der Waals surface area (Å²) in [5.41, 5.74) is 7.03. The Morgan fingerprint density at radius 3 is 2.62 bits per heavy atom. The number of amides is 1. The lowest BCUT2D eigenvalue weighted by Gasteiger charge is -2.02. The first-order chi connectivity index (χ1) is 7.74. The fourth-order valence-corrected chi connectivity index (χ4v) is 1.20. The van der Waals surface area contributed by atoms with Crippen molar-refractivity contribution in [3.63, 3.8) is 0 Å². The molecule has 0 aliphatic carbocycles. The summed E-state index contributed by atoms with van der Waals surface area (Å²) in [6.07, 6.45) is 3.70. The summed E-state index contributed by atoms with van der Waals surface area (Å²) in [5, 5.41) is 2.82. The molecule has 0 spiro atoms. The van der Waals surface area contributed by atoms with Crippen LogP contribution in [-0.2, 0) is 0 Å². The normalized spacial score (nSPS) is 9.25. The molecule has 4 heteroatoms. The van der Waals surface area contributed by atoms with Crippen molar-refractivity contribution in [2.45, 2.75) is 33.6 Å². The fourth-order valence-electron chi connectivity index (χ4n) is 1.20.